The first-order chi connectivity index (χ1) is 22.6. The normalized spacial score (nSPS) is 10.1. The molecule has 0 spiro atoms. The van der Waals surface area contributed by atoms with Gasteiger partial charge in [0.1, 0.15) is 11.5 Å². The van der Waals surface area contributed by atoms with Crippen LogP contribution in [0.5, 0.6) is 23.0 Å². The van der Waals surface area contributed by atoms with E-state index in [0.29, 0.717) is 40.4 Å². The van der Waals surface area contributed by atoms with Crippen LogP contribution in [0, 0.1) is 0 Å². The Hall–Kier alpha value is -6.42. The van der Waals surface area contributed by atoms with Gasteiger partial charge >= 0.3 is 23.9 Å². The van der Waals surface area contributed by atoms with Crippen molar-refractivity contribution < 1.29 is 47.9 Å². The lowest BCUT2D eigenvalue weighted by Gasteiger charge is -2.11. The second-order valence-corrected chi connectivity index (χ2v) is 9.80. The van der Waals surface area contributed by atoms with E-state index in [9.17, 15) is 19.2 Å². The summed E-state index contributed by atoms with van der Waals surface area (Å²) in [6, 6.07) is 24.7. The van der Waals surface area contributed by atoms with Crippen molar-refractivity contribution in [3.05, 3.63) is 145 Å². The van der Waals surface area contributed by atoms with Gasteiger partial charge in [0.25, 0.3) is 0 Å². The maximum absolute atomic E-state index is 12.7. The Morgan fingerprint density at radius 1 is 0.638 bits per heavy atom. The summed E-state index contributed by atoms with van der Waals surface area (Å²) < 4.78 is 21.2. The summed E-state index contributed by atoms with van der Waals surface area (Å²) in [5.74, 6) is -1.28. The van der Waals surface area contributed by atoms with Crippen LogP contribution in [0.25, 0.3) is 11.1 Å². The van der Waals surface area contributed by atoms with Crippen LogP contribution in [-0.2, 0) is 25.6 Å². The van der Waals surface area contributed by atoms with Gasteiger partial charge in [-0.2, -0.15) is 0 Å². The van der Waals surface area contributed by atoms with E-state index >= 15 is 0 Å². The molecule has 4 aromatic carbocycles. The summed E-state index contributed by atoms with van der Waals surface area (Å²) in [6.07, 6.45) is 2.27. The van der Waals surface area contributed by atoms with Gasteiger partial charge in [0.15, 0.2) is 17.2 Å². The van der Waals surface area contributed by atoms with Crippen LogP contribution in [0.15, 0.2) is 129 Å². The van der Waals surface area contributed by atoms with Crippen molar-refractivity contribution >= 4 is 23.9 Å². The van der Waals surface area contributed by atoms with Gasteiger partial charge in [-0.15, -0.1) is 0 Å². The molecule has 0 saturated heterocycles. The average Bonchev–Trinajstić information content (AvgIpc) is 3.08. The van der Waals surface area contributed by atoms with E-state index in [-0.39, 0.29) is 18.1 Å². The van der Waals surface area contributed by atoms with Crippen molar-refractivity contribution in [2.45, 2.75) is 13.3 Å². The predicted octanol–water partition coefficient (Wildman–Crippen LogP) is 7.00. The second-order valence-electron chi connectivity index (χ2n) is 9.80. The molecule has 0 heterocycles. The molecule has 0 fully saturated rings. The highest BCUT2D eigenvalue weighted by atomic mass is 17.2. The van der Waals surface area contributed by atoms with Gasteiger partial charge < -0.3 is 18.9 Å². The van der Waals surface area contributed by atoms with E-state index in [1.807, 2.05) is 0 Å². The number of rotatable bonds is 14. The van der Waals surface area contributed by atoms with Gasteiger partial charge in [0.2, 0.25) is 0 Å². The number of allylic oxidation sites excluding steroid dienone is 1. The van der Waals surface area contributed by atoms with Gasteiger partial charge in [0, 0.05) is 18.6 Å². The molecule has 0 aliphatic heterocycles. The highest BCUT2D eigenvalue weighted by molar-refractivity contribution is 5.91. The number of ether oxygens (including phenoxy) is 4. The molecule has 0 unspecified atom stereocenters. The maximum Gasteiger partial charge on any atom is 0.343 e. The lowest BCUT2D eigenvalue weighted by molar-refractivity contribution is -0.164. The zero-order valence-electron chi connectivity index (χ0n) is 25.4. The third-order valence-electron chi connectivity index (χ3n) is 6.28. The molecular weight excluding hydrogens is 604 g/mol. The molecule has 0 amide bonds. The van der Waals surface area contributed by atoms with Crippen molar-refractivity contribution in [1.82, 2.24) is 0 Å². The first kappa shape index (κ1) is 33.5. The van der Waals surface area contributed by atoms with E-state index in [0.717, 1.165) is 23.3 Å². The topological polar surface area (TPSA) is 124 Å². The Morgan fingerprint density at radius 2 is 1.17 bits per heavy atom. The van der Waals surface area contributed by atoms with E-state index in [1.54, 1.807) is 85.8 Å². The Labute approximate surface area is 271 Å². The molecule has 10 heteroatoms. The molecule has 0 radical (unpaired) electrons. The van der Waals surface area contributed by atoms with Gasteiger partial charge in [0.05, 0.1) is 17.7 Å². The summed E-state index contributed by atoms with van der Waals surface area (Å²) in [7, 11) is 0. The largest absolute Gasteiger partial charge is 0.462 e. The molecule has 47 heavy (non-hydrogen) atoms. The quantitative estimate of drug-likeness (QED) is 0.0358. The number of esters is 4. The van der Waals surface area contributed by atoms with Crippen LogP contribution in [0.4, 0.5) is 0 Å². The lowest BCUT2D eigenvalue weighted by Crippen LogP contribution is -2.10. The van der Waals surface area contributed by atoms with Crippen LogP contribution < -0.4 is 19.1 Å². The number of carbonyl (C=O) groups excluding carboxylic acids is 4. The third-order valence-corrected chi connectivity index (χ3v) is 6.28. The molecule has 0 bridgehead atoms. The van der Waals surface area contributed by atoms with Crippen molar-refractivity contribution in [2.24, 2.45) is 0 Å². The first-order valence-electron chi connectivity index (χ1n) is 14.2. The predicted molar refractivity (Wildman–Crippen MR) is 172 cm³/mol. The van der Waals surface area contributed by atoms with Gasteiger partial charge in [-0.25, -0.2) is 19.2 Å². The molecule has 0 saturated carbocycles. The highest BCUT2D eigenvalue weighted by Crippen LogP contribution is 2.29. The van der Waals surface area contributed by atoms with E-state index in [1.165, 1.54) is 12.1 Å². The van der Waals surface area contributed by atoms with Crippen molar-refractivity contribution in [3.8, 4) is 34.1 Å². The Morgan fingerprint density at radius 3 is 1.77 bits per heavy atom. The molecular formula is C37H30O10. The maximum atomic E-state index is 12.7. The third kappa shape index (κ3) is 9.79. The SMILES string of the molecule is C=CC(=O)Oc1ccc(CCOC(=O)c2ccc(-c3ccc(OC(=O)c4ccc(OOC(=C)C)cc4)cc3)cc2)cc1OC(=O)C=C. The summed E-state index contributed by atoms with van der Waals surface area (Å²) in [4.78, 5) is 58.5. The molecule has 0 aliphatic carbocycles. The Bertz CT molecular complexity index is 1790. The second kappa shape index (κ2) is 16.1. The molecule has 4 aromatic rings. The monoisotopic (exact) mass is 634 g/mol. The zero-order chi connectivity index (χ0) is 33.8. The van der Waals surface area contributed by atoms with Crippen LogP contribution in [0.1, 0.15) is 33.2 Å². The van der Waals surface area contributed by atoms with E-state index in [4.69, 9.17) is 28.7 Å². The van der Waals surface area contributed by atoms with Crippen LogP contribution in [-0.4, -0.2) is 30.5 Å². The van der Waals surface area contributed by atoms with Crippen LogP contribution in [0.2, 0.25) is 0 Å². The van der Waals surface area contributed by atoms with Gasteiger partial charge in [-0.05, 0) is 84.3 Å². The summed E-state index contributed by atoms with van der Waals surface area (Å²) in [5, 5.41) is 0. The molecule has 0 aromatic heterocycles. The number of benzene rings is 4. The zero-order valence-corrected chi connectivity index (χ0v) is 25.4. The van der Waals surface area contributed by atoms with Crippen LogP contribution >= 0.6 is 0 Å². The highest BCUT2D eigenvalue weighted by Gasteiger charge is 2.14. The first-order valence-corrected chi connectivity index (χ1v) is 14.2. The van der Waals surface area contributed by atoms with Crippen molar-refractivity contribution in [1.29, 1.82) is 0 Å². The molecule has 4 rings (SSSR count). The Kier molecular flexibility index (Phi) is 11.4. The van der Waals surface area contributed by atoms with Gasteiger partial charge in [-0.1, -0.05) is 50.1 Å². The summed E-state index contributed by atoms with van der Waals surface area (Å²) in [5.41, 5.74) is 3.05. The molecule has 238 valence electrons. The smallest absolute Gasteiger partial charge is 0.343 e. The van der Waals surface area contributed by atoms with Crippen LogP contribution in [0.3, 0.4) is 0 Å². The van der Waals surface area contributed by atoms with E-state index < -0.39 is 23.9 Å². The fourth-order valence-electron chi connectivity index (χ4n) is 3.96. The van der Waals surface area contributed by atoms with Crippen molar-refractivity contribution in [2.75, 3.05) is 6.61 Å². The Balaban J connectivity index is 1.30. The van der Waals surface area contributed by atoms with Gasteiger partial charge in [-0.3, -0.25) is 9.78 Å². The average molecular weight is 635 g/mol. The minimum atomic E-state index is -0.730. The number of hydrogen-bond donors (Lipinski definition) is 0. The molecule has 10 nitrogen and oxygen atoms in total. The summed E-state index contributed by atoms with van der Waals surface area (Å²) in [6.45, 7) is 12.0. The number of carbonyl (C=O) groups is 4. The summed E-state index contributed by atoms with van der Waals surface area (Å²) >= 11 is 0. The number of hydrogen-bond acceptors (Lipinski definition) is 10. The molecule has 0 atom stereocenters. The molecule has 0 aliphatic rings. The van der Waals surface area contributed by atoms with Crippen molar-refractivity contribution in [3.63, 3.8) is 0 Å². The lowest BCUT2D eigenvalue weighted by atomic mass is 10.0. The molecule has 0 N–H and O–H groups in total. The van der Waals surface area contributed by atoms with E-state index in [2.05, 4.69) is 19.7 Å². The minimum Gasteiger partial charge on any atom is -0.462 e. The fraction of sp³-hybridized carbons (Fsp3) is 0.0811. The fourth-order valence-corrected chi connectivity index (χ4v) is 3.96. The standard InChI is InChI=1S/C37H30O10/c1-5-34(38)44-32-20-7-25(23-33(32)45-35(39)6-2)21-22-42-36(40)28-10-8-26(9-11-28)27-12-16-30(17-13-27)43-37(41)29-14-18-31(19-15-29)47-46-24(3)4/h5-20,23H,1-3,21-22H2,4H3. The minimum absolute atomic E-state index is 0.0157.